The maximum Gasteiger partial charge on any atom is 0.193 e. The molecule has 3 rings (SSSR count). The van der Waals surface area contributed by atoms with Gasteiger partial charge in [-0.2, -0.15) is 0 Å². The first-order valence-electron chi connectivity index (χ1n) is 8.80. The molecule has 132 valence electrons. The number of anilines is 1. The van der Waals surface area contributed by atoms with E-state index < -0.39 is 0 Å². The largest absolute Gasteiger partial charge is 0.379 e. The van der Waals surface area contributed by atoms with Crippen molar-refractivity contribution in [2.24, 2.45) is 10.9 Å². The zero-order valence-electron chi connectivity index (χ0n) is 14.4. The van der Waals surface area contributed by atoms with Gasteiger partial charge in [0.15, 0.2) is 5.96 Å². The Bertz CT molecular complexity index is 554. The number of para-hydroxylation sites is 1. The second-order valence-corrected chi connectivity index (χ2v) is 6.42. The predicted molar refractivity (Wildman–Crippen MR) is 95.1 cm³/mol. The number of hydrogen-bond acceptors (Lipinski definition) is 3. The fourth-order valence-corrected chi connectivity index (χ4v) is 2.97. The van der Waals surface area contributed by atoms with E-state index in [1.165, 1.54) is 18.9 Å². The molecule has 1 saturated carbocycles. The molecule has 5 nitrogen and oxygen atoms in total. The average molecular weight is 334 g/mol. The molecular weight excluding hydrogens is 307 g/mol. The molecule has 0 aromatic heterocycles. The Hall–Kier alpha value is -1.82. The first-order chi connectivity index (χ1) is 11.8. The van der Waals surface area contributed by atoms with Gasteiger partial charge >= 0.3 is 0 Å². The number of rotatable bonds is 6. The predicted octanol–water partition coefficient (Wildman–Crippen LogP) is 1.95. The third kappa shape index (κ3) is 4.60. The number of guanidine groups is 1. The zero-order valence-corrected chi connectivity index (χ0v) is 14.4. The molecule has 1 aliphatic carbocycles. The summed E-state index contributed by atoms with van der Waals surface area (Å²) in [5, 5.41) is 3.36. The lowest BCUT2D eigenvalue weighted by Gasteiger charge is -2.37. The SMILES string of the molecule is CN=C(NCCOCC1CC1)N1CCN(c2ccccc2F)CC1. The van der Waals surface area contributed by atoms with Gasteiger partial charge in [-0.3, -0.25) is 4.99 Å². The number of hydrogen-bond donors (Lipinski definition) is 1. The molecule has 1 aliphatic heterocycles. The van der Waals surface area contributed by atoms with E-state index in [4.69, 9.17) is 4.74 Å². The molecule has 2 fully saturated rings. The molecule has 6 heteroatoms. The Kier molecular flexibility index (Phi) is 5.91. The molecule has 24 heavy (non-hydrogen) atoms. The molecular formula is C18H27FN4O. The molecule has 1 aromatic rings. The van der Waals surface area contributed by atoms with Crippen molar-refractivity contribution in [3.8, 4) is 0 Å². The number of piperazine rings is 1. The summed E-state index contributed by atoms with van der Waals surface area (Å²) in [5.74, 6) is 1.55. The molecule has 1 aromatic carbocycles. The highest BCUT2D eigenvalue weighted by molar-refractivity contribution is 5.80. The van der Waals surface area contributed by atoms with Crippen molar-refractivity contribution in [1.29, 1.82) is 0 Å². The van der Waals surface area contributed by atoms with Crippen LogP contribution in [0.5, 0.6) is 0 Å². The van der Waals surface area contributed by atoms with Crippen LogP contribution in [0.2, 0.25) is 0 Å². The standard InChI is InChI=1S/C18H27FN4O/c1-20-18(21-8-13-24-14-15-6-7-15)23-11-9-22(10-12-23)17-5-3-2-4-16(17)19/h2-5,15H,6-14H2,1H3,(H,20,21). The van der Waals surface area contributed by atoms with Crippen molar-refractivity contribution in [2.45, 2.75) is 12.8 Å². The minimum absolute atomic E-state index is 0.152. The topological polar surface area (TPSA) is 40.1 Å². The van der Waals surface area contributed by atoms with E-state index in [2.05, 4.69) is 20.1 Å². The van der Waals surface area contributed by atoms with Gasteiger partial charge in [0.2, 0.25) is 0 Å². The quantitative estimate of drug-likeness (QED) is 0.490. The summed E-state index contributed by atoms with van der Waals surface area (Å²) in [7, 11) is 1.80. The van der Waals surface area contributed by atoms with Crippen molar-refractivity contribution in [1.82, 2.24) is 10.2 Å². The minimum Gasteiger partial charge on any atom is -0.379 e. The highest BCUT2D eigenvalue weighted by atomic mass is 19.1. The van der Waals surface area contributed by atoms with Crippen LogP contribution in [0.25, 0.3) is 0 Å². The monoisotopic (exact) mass is 334 g/mol. The van der Waals surface area contributed by atoms with Crippen molar-refractivity contribution in [2.75, 3.05) is 57.9 Å². The maximum absolute atomic E-state index is 13.9. The van der Waals surface area contributed by atoms with Crippen LogP contribution in [0.1, 0.15) is 12.8 Å². The summed E-state index contributed by atoms with van der Waals surface area (Å²) >= 11 is 0. The molecule has 0 spiro atoms. The summed E-state index contributed by atoms with van der Waals surface area (Å²) in [6.45, 7) is 5.62. The molecule has 0 bridgehead atoms. The van der Waals surface area contributed by atoms with Gasteiger partial charge < -0.3 is 19.9 Å². The molecule has 0 atom stereocenters. The Morgan fingerprint density at radius 2 is 2.00 bits per heavy atom. The van der Waals surface area contributed by atoms with Crippen molar-refractivity contribution >= 4 is 11.6 Å². The van der Waals surface area contributed by atoms with E-state index in [0.29, 0.717) is 12.3 Å². The van der Waals surface area contributed by atoms with E-state index in [0.717, 1.165) is 51.2 Å². The lowest BCUT2D eigenvalue weighted by molar-refractivity contribution is 0.128. The summed E-state index contributed by atoms with van der Waals surface area (Å²) in [5.41, 5.74) is 0.688. The van der Waals surface area contributed by atoms with Gasteiger partial charge in [0, 0.05) is 46.4 Å². The lowest BCUT2D eigenvalue weighted by Crippen LogP contribution is -2.53. The lowest BCUT2D eigenvalue weighted by atomic mass is 10.2. The van der Waals surface area contributed by atoms with Gasteiger partial charge in [-0.05, 0) is 30.9 Å². The zero-order chi connectivity index (χ0) is 16.8. The third-order valence-electron chi connectivity index (χ3n) is 4.56. The van der Waals surface area contributed by atoms with Crippen LogP contribution in [0.4, 0.5) is 10.1 Å². The first kappa shape index (κ1) is 17.0. The summed E-state index contributed by atoms with van der Waals surface area (Å²) < 4.78 is 19.5. The van der Waals surface area contributed by atoms with E-state index in [1.54, 1.807) is 13.1 Å². The van der Waals surface area contributed by atoms with Gasteiger partial charge in [-0.1, -0.05) is 12.1 Å². The molecule has 1 heterocycles. The second-order valence-electron chi connectivity index (χ2n) is 6.42. The van der Waals surface area contributed by atoms with Crippen LogP contribution in [0.15, 0.2) is 29.3 Å². The van der Waals surface area contributed by atoms with Crippen LogP contribution in [-0.2, 0) is 4.74 Å². The summed E-state index contributed by atoms with van der Waals surface area (Å²) in [6.07, 6.45) is 2.64. The highest BCUT2D eigenvalue weighted by Crippen LogP contribution is 2.28. The average Bonchev–Trinajstić information content (AvgIpc) is 3.43. The number of nitrogens with zero attached hydrogens (tertiary/aromatic N) is 3. The fourth-order valence-electron chi connectivity index (χ4n) is 2.97. The van der Waals surface area contributed by atoms with E-state index in [9.17, 15) is 4.39 Å². The van der Waals surface area contributed by atoms with Gasteiger partial charge in [-0.15, -0.1) is 0 Å². The van der Waals surface area contributed by atoms with E-state index in [1.807, 2.05) is 12.1 Å². The number of aliphatic imine (C=N–C) groups is 1. The van der Waals surface area contributed by atoms with Crippen LogP contribution in [0.3, 0.4) is 0 Å². The minimum atomic E-state index is -0.152. The molecule has 0 amide bonds. The molecule has 0 radical (unpaired) electrons. The Balaban J connectivity index is 1.41. The number of benzene rings is 1. The smallest absolute Gasteiger partial charge is 0.193 e. The number of halogens is 1. The van der Waals surface area contributed by atoms with Gasteiger partial charge in [0.1, 0.15) is 5.82 Å². The Morgan fingerprint density at radius 3 is 2.67 bits per heavy atom. The molecule has 1 saturated heterocycles. The summed E-state index contributed by atoms with van der Waals surface area (Å²) in [6, 6.07) is 6.97. The number of ether oxygens (including phenoxy) is 1. The van der Waals surface area contributed by atoms with Gasteiger partial charge in [0.05, 0.1) is 12.3 Å². The van der Waals surface area contributed by atoms with Crippen LogP contribution in [-0.4, -0.2) is 63.8 Å². The van der Waals surface area contributed by atoms with Gasteiger partial charge in [0.25, 0.3) is 0 Å². The van der Waals surface area contributed by atoms with E-state index >= 15 is 0 Å². The normalized spacial score (nSPS) is 18.8. The Morgan fingerprint density at radius 1 is 1.25 bits per heavy atom. The van der Waals surface area contributed by atoms with Crippen LogP contribution < -0.4 is 10.2 Å². The summed E-state index contributed by atoms with van der Waals surface area (Å²) in [4.78, 5) is 8.67. The highest BCUT2D eigenvalue weighted by Gasteiger charge is 2.22. The van der Waals surface area contributed by atoms with Crippen molar-refractivity contribution in [3.05, 3.63) is 30.1 Å². The molecule has 2 aliphatic rings. The first-order valence-corrected chi connectivity index (χ1v) is 8.80. The second kappa shape index (κ2) is 8.33. The van der Waals surface area contributed by atoms with Crippen LogP contribution >= 0.6 is 0 Å². The van der Waals surface area contributed by atoms with Crippen molar-refractivity contribution in [3.63, 3.8) is 0 Å². The van der Waals surface area contributed by atoms with Gasteiger partial charge in [-0.25, -0.2) is 4.39 Å². The number of nitrogens with one attached hydrogen (secondary N) is 1. The molecule has 0 unspecified atom stereocenters. The van der Waals surface area contributed by atoms with Crippen LogP contribution in [0, 0.1) is 11.7 Å². The Labute approximate surface area is 143 Å². The maximum atomic E-state index is 13.9. The van der Waals surface area contributed by atoms with Crippen molar-refractivity contribution < 1.29 is 9.13 Å². The third-order valence-corrected chi connectivity index (χ3v) is 4.56. The molecule has 1 N–H and O–H groups in total. The van der Waals surface area contributed by atoms with E-state index in [-0.39, 0.29) is 5.82 Å². The fraction of sp³-hybridized carbons (Fsp3) is 0.611.